The number of aliphatic hydroxyl groups is 1. The van der Waals surface area contributed by atoms with E-state index in [-0.39, 0.29) is 17.3 Å². The van der Waals surface area contributed by atoms with Crippen LogP contribution in [0.3, 0.4) is 0 Å². The monoisotopic (exact) mass is 415 g/mol. The summed E-state index contributed by atoms with van der Waals surface area (Å²) in [7, 11) is 0. The van der Waals surface area contributed by atoms with Crippen molar-refractivity contribution in [3.05, 3.63) is 89.3 Å². The number of carbonyl (C=O) groups excluding carboxylic acids is 2. The Bertz CT molecular complexity index is 1140. The fourth-order valence-electron chi connectivity index (χ4n) is 3.55. The summed E-state index contributed by atoms with van der Waals surface area (Å²) in [6, 6.07) is 14.9. The highest BCUT2D eigenvalue weighted by Gasteiger charge is 2.48. The van der Waals surface area contributed by atoms with Gasteiger partial charge < -0.3 is 9.84 Å². The molecule has 156 valence electrons. The summed E-state index contributed by atoms with van der Waals surface area (Å²) in [5.74, 6) is -1.09. The number of hydrogen-bond donors (Lipinski definition) is 1. The molecule has 4 rings (SSSR count). The maximum absolute atomic E-state index is 13.0. The average Bonchev–Trinajstić information content (AvgIpc) is 3.06. The summed E-state index contributed by atoms with van der Waals surface area (Å²) in [6.07, 6.45) is 3.00. The zero-order valence-corrected chi connectivity index (χ0v) is 17.1. The summed E-state index contributed by atoms with van der Waals surface area (Å²) >= 11 is 0. The summed E-state index contributed by atoms with van der Waals surface area (Å²) in [5, 5.41) is 11.1. The minimum Gasteiger partial charge on any atom is -0.507 e. The molecule has 1 aliphatic heterocycles. The van der Waals surface area contributed by atoms with E-state index < -0.39 is 17.7 Å². The van der Waals surface area contributed by atoms with Gasteiger partial charge in [-0.1, -0.05) is 29.8 Å². The van der Waals surface area contributed by atoms with Crippen molar-refractivity contribution >= 4 is 23.4 Å². The Morgan fingerprint density at radius 3 is 2.29 bits per heavy atom. The standard InChI is InChI=1S/C24H21N3O4/c1-3-31-18-11-9-17(10-12-18)21(28)19-20(16-7-5-15(2)6-8-16)27(23(30)22(19)29)24-25-13-4-14-26-24/h4-14,20,28H,3H2,1-2H3/b21-19+. The topological polar surface area (TPSA) is 92.6 Å². The van der Waals surface area contributed by atoms with E-state index in [1.807, 2.05) is 38.1 Å². The van der Waals surface area contributed by atoms with E-state index in [4.69, 9.17) is 4.74 Å². The molecule has 31 heavy (non-hydrogen) atoms. The van der Waals surface area contributed by atoms with Crippen molar-refractivity contribution in [2.45, 2.75) is 19.9 Å². The first-order chi connectivity index (χ1) is 15.0. The average molecular weight is 415 g/mol. The summed E-state index contributed by atoms with van der Waals surface area (Å²) in [6.45, 7) is 4.34. The van der Waals surface area contributed by atoms with E-state index >= 15 is 0 Å². The number of Topliss-reactive ketones (excluding diaryl/α,β-unsaturated/α-hetero) is 1. The minimum atomic E-state index is -0.852. The van der Waals surface area contributed by atoms with Gasteiger partial charge in [0.1, 0.15) is 11.5 Å². The number of anilines is 1. The number of aryl methyl sites for hydroxylation is 1. The number of aromatic nitrogens is 2. The van der Waals surface area contributed by atoms with Crippen molar-refractivity contribution in [3.63, 3.8) is 0 Å². The third-order valence-electron chi connectivity index (χ3n) is 5.04. The first-order valence-corrected chi connectivity index (χ1v) is 9.89. The third-order valence-corrected chi connectivity index (χ3v) is 5.04. The molecule has 7 nitrogen and oxygen atoms in total. The van der Waals surface area contributed by atoms with E-state index in [0.29, 0.717) is 23.5 Å². The van der Waals surface area contributed by atoms with Crippen molar-refractivity contribution < 1.29 is 19.4 Å². The highest BCUT2D eigenvalue weighted by molar-refractivity contribution is 6.51. The molecule has 3 aromatic rings. The lowest BCUT2D eigenvalue weighted by Gasteiger charge is -2.23. The Balaban J connectivity index is 1.88. The zero-order chi connectivity index (χ0) is 22.0. The molecule has 1 N–H and O–H groups in total. The van der Waals surface area contributed by atoms with E-state index in [2.05, 4.69) is 9.97 Å². The lowest BCUT2D eigenvalue weighted by molar-refractivity contribution is -0.132. The van der Waals surface area contributed by atoms with E-state index in [1.165, 1.54) is 17.3 Å². The number of hydrogen-bond acceptors (Lipinski definition) is 6. The second-order valence-electron chi connectivity index (χ2n) is 7.09. The SMILES string of the molecule is CCOc1ccc(/C(O)=C2\C(=O)C(=O)N(c3ncccn3)C2c2ccc(C)cc2)cc1. The van der Waals surface area contributed by atoms with Crippen LogP contribution in [0.4, 0.5) is 5.95 Å². The second-order valence-corrected chi connectivity index (χ2v) is 7.09. The van der Waals surface area contributed by atoms with Gasteiger partial charge in [0, 0.05) is 18.0 Å². The van der Waals surface area contributed by atoms with Crippen LogP contribution in [0.5, 0.6) is 5.75 Å². The van der Waals surface area contributed by atoms with E-state index in [1.54, 1.807) is 30.3 Å². The number of benzene rings is 2. The van der Waals surface area contributed by atoms with Gasteiger partial charge in [-0.2, -0.15) is 0 Å². The van der Waals surface area contributed by atoms with Crippen LogP contribution in [0.1, 0.15) is 29.7 Å². The van der Waals surface area contributed by atoms with Gasteiger partial charge in [-0.15, -0.1) is 0 Å². The number of aliphatic hydroxyl groups excluding tert-OH is 1. The number of amides is 1. The van der Waals surface area contributed by atoms with E-state index in [0.717, 1.165) is 5.56 Å². The number of ketones is 1. The number of ether oxygens (including phenoxy) is 1. The highest BCUT2D eigenvalue weighted by Crippen LogP contribution is 2.41. The fraction of sp³-hybridized carbons (Fsp3) is 0.167. The van der Waals surface area contributed by atoms with Crippen molar-refractivity contribution in [2.24, 2.45) is 0 Å². The molecule has 0 saturated carbocycles. The predicted molar refractivity (Wildman–Crippen MR) is 116 cm³/mol. The Morgan fingerprint density at radius 1 is 1.03 bits per heavy atom. The van der Waals surface area contributed by atoms with Gasteiger partial charge in [0.05, 0.1) is 18.2 Å². The summed E-state index contributed by atoms with van der Waals surface area (Å²) < 4.78 is 5.44. The Morgan fingerprint density at radius 2 is 1.68 bits per heavy atom. The normalized spacial score (nSPS) is 17.7. The van der Waals surface area contributed by atoms with Crippen molar-refractivity contribution in [1.29, 1.82) is 0 Å². The Kier molecular flexibility index (Phi) is 5.49. The van der Waals surface area contributed by atoms with Gasteiger partial charge in [0.25, 0.3) is 5.78 Å². The molecule has 1 fully saturated rings. The molecule has 1 amide bonds. The molecular weight excluding hydrogens is 394 g/mol. The highest BCUT2D eigenvalue weighted by atomic mass is 16.5. The molecule has 1 saturated heterocycles. The summed E-state index contributed by atoms with van der Waals surface area (Å²) in [5.41, 5.74) is 2.10. The van der Waals surface area contributed by atoms with Crippen LogP contribution in [0, 0.1) is 6.92 Å². The van der Waals surface area contributed by atoms with Crippen LogP contribution in [0.2, 0.25) is 0 Å². The van der Waals surface area contributed by atoms with Crippen molar-refractivity contribution in [2.75, 3.05) is 11.5 Å². The van der Waals surface area contributed by atoms with Gasteiger partial charge in [-0.3, -0.25) is 14.5 Å². The third kappa shape index (κ3) is 3.77. The van der Waals surface area contributed by atoms with Crippen LogP contribution in [-0.2, 0) is 9.59 Å². The zero-order valence-electron chi connectivity index (χ0n) is 17.1. The molecule has 2 aromatic carbocycles. The van der Waals surface area contributed by atoms with Crippen LogP contribution in [0.25, 0.3) is 5.76 Å². The number of nitrogens with zero attached hydrogens (tertiary/aromatic N) is 3. The number of carbonyl (C=O) groups is 2. The molecular formula is C24H21N3O4. The molecule has 0 radical (unpaired) electrons. The maximum Gasteiger partial charge on any atom is 0.302 e. The second kappa shape index (κ2) is 8.39. The lowest BCUT2D eigenvalue weighted by Crippen LogP contribution is -2.31. The van der Waals surface area contributed by atoms with E-state index in [9.17, 15) is 14.7 Å². The minimum absolute atomic E-state index is 0.00883. The van der Waals surface area contributed by atoms with Crippen LogP contribution >= 0.6 is 0 Å². The number of rotatable bonds is 5. The predicted octanol–water partition coefficient (Wildman–Crippen LogP) is 3.81. The van der Waals surface area contributed by atoms with Gasteiger partial charge in [-0.05, 0) is 49.7 Å². The quantitative estimate of drug-likeness (QED) is 0.387. The summed E-state index contributed by atoms with van der Waals surface area (Å²) in [4.78, 5) is 35.6. The largest absolute Gasteiger partial charge is 0.507 e. The molecule has 1 aliphatic rings. The Hall–Kier alpha value is -4.00. The molecule has 2 heterocycles. The van der Waals surface area contributed by atoms with Crippen molar-refractivity contribution in [3.8, 4) is 5.75 Å². The van der Waals surface area contributed by atoms with Gasteiger partial charge in [0.2, 0.25) is 5.95 Å². The fourth-order valence-corrected chi connectivity index (χ4v) is 3.55. The Labute approximate surface area is 179 Å². The molecule has 1 atom stereocenters. The van der Waals surface area contributed by atoms with Gasteiger partial charge in [-0.25, -0.2) is 9.97 Å². The first kappa shape index (κ1) is 20.3. The smallest absolute Gasteiger partial charge is 0.302 e. The van der Waals surface area contributed by atoms with Gasteiger partial charge in [0.15, 0.2) is 0 Å². The van der Waals surface area contributed by atoms with Crippen LogP contribution < -0.4 is 9.64 Å². The molecule has 7 heteroatoms. The van der Waals surface area contributed by atoms with Crippen LogP contribution in [-0.4, -0.2) is 33.4 Å². The maximum atomic E-state index is 13.0. The van der Waals surface area contributed by atoms with Gasteiger partial charge >= 0.3 is 5.91 Å². The molecule has 1 aromatic heterocycles. The molecule has 0 bridgehead atoms. The van der Waals surface area contributed by atoms with Crippen LogP contribution in [0.15, 0.2) is 72.6 Å². The lowest BCUT2D eigenvalue weighted by atomic mass is 9.95. The van der Waals surface area contributed by atoms with Crippen molar-refractivity contribution in [1.82, 2.24) is 9.97 Å². The first-order valence-electron chi connectivity index (χ1n) is 9.89. The molecule has 1 unspecified atom stereocenters. The molecule has 0 aliphatic carbocycles. The molecule has 0 spiro atoms.